The van der Waals surface area contributed by atoms with Crippen LogP contribution in [0.4, 0.5) is 8.78 Å². The molecule has 5 nitrogen and oxygen atoms in total. The molecule has 27 heavy (non-hydrogen) atoms. The minimum atomic E-state index is -0.838. The van der Waals surface area contributed by atoms with Crippen LogP contribution in [-0.4, -0.2) is 21.0 Å². The highest BCUT2D eigenvalue weighted by molar-refractivity contribution is 6.30. The number of carbonyl (C=O) groups is 1. The molecule has 0 amide bonds. The Bertz CT molecular complexity index is 889. The normalized spacial score (nSPS) is 16.7. The highest BCUT2D eigenvalue weighted by atomic mass is 35.5. The molecule has 0 saturated heterocycles. The van der Waals surface area contributed by atoms with Crippen LogP contribution in [0, 0.1) is 17.6 Å². The number of ether oxygens (including phenoxy) is 1. The maximum atomic E-state index is 14.1. The molecule has 142 valence electrons. The molecule has 1 aliphatic carbocycles. The molecule has 1 aromatic carbocycles. The molecule has 0 spiro atoms. The van der Waals surface area contributed by atoms with E-state index in [0.717, 1.165) is 6.20 Å². The fourth-order valence-corrected chi connectivity index (χ4v) is 3.12. The van der Waals surface area contributed by atoms with Crippen LogP contribution in [-0.2, 0) is 11.4 Å². The van der Waals surface area contributed by atoms with Gasteiger partial charge in [0, 0.05) is 17.0 Å². The summed E-state index contributed by atoms with van der Waals surface area (Å²) in [6.45, 7) is -0.117. The average molecular weight is 395 g/mol. The van der Waals surface area contributed by atoms with Gasteiger partial charge in [0.1, 0.15) is 18.1 Å². The molecule has 1 N–H and O–H groups in total. The summed E-state index contributed by atoms with van der Waals surface area (Å²) in [6.07, 6.45) is 4.64. The highest BCUT2D eigenvalue weighted by Crippen LogP contribution is 2.32. The molecular weight excluding hydrogens is 378 g/mol. The topological polar surface area (TPSA) is 72.3 Å². The van der Waals surface area contributed by atoms with Gasteiger partial charge < -0.3 is 9.84 Å². The van der Waals surface area contributed by atoms with Crippen LogP contribution in [0.1, 0.15) is 36.9 Å². The van der Waals surface area contributed by atoms with Gasteiger partial charge in [-0.05, 0) is 42.9 Å². The van der Waals surface area contributed by atoms with Crippen molar-refractivity contribution in [2.24, 2.45) is 5.92 Å². The van der Waals surface area contributed by atoms with E-state index in [-0.39, 0.29) is 41.2 Å². The van der Waals surface area contributed by atoms with Gasteiger partial charge in [-0.2, -0.15) is 4.98 Å². The van der Waals surface area contributed by atoms with E-state index < -0.39 is 17.6 Å². The lowest BCUT2D eigenvalue weighted by Gasteiger charge is -2.20. The van der Waals surface area contributed by atoms with Crippen molar-refractivity contribution in [2.45, 2.75) is 32.3 Å². The maximum Gasteiger partial charge on any atom is 0.317 e. The lowest BCUT2D eigenvalue weighted by atomic mass is 9.86. The van der Waals surface area contributed by atoms with Crippen molar-refractivity contribution >= 4 is 23.1 Å². The van der Waals surface area contributed by atoms with Gasteiger partial charge in [0.05, 0.1) is 6.20 Å². The van der Waals surface area contributed by atoms with Gasteiger partial charge in [0.2, 0.25) is 0 Å². The lowest BCUT2D eigenvalue weighted by molar-refractivity contribution is -0.138. The third kappa shape index (κ3) is 5.01. The lowest BCUT2D eigenvalue weighted by Crippen LogP contribution is -2.12. The van der Waals surface area contributed by atoms with Crippen LogP contribution in [0.2, 0.25) is 5.02 Å². The third-order valence-electron chi connectivity index (χ3n) is 4.38. The summed E-state index contributed by atoms with van der Waals surface area (Å²) in [6, 6.07) is 4.15. The smallest absolute Gasteiger partial charge is 0.317 e. The van der Waals surface area contributed by atoms with Crippen LogP contribution in [0.15, 0.2) is 30.5 Å². The van der Waals surface area contributed by atoms with Crippen molar-refractivity contribution in [3.63, 3.8) is 0 Å². The maximum absolute atomic E-state index is 14.1. The van der Waals surface area contributed by atoms with Crippen molar-refractivity contribution in [3.05, 3.63) is 58.4 Å². The fourth-order valence-electron chi connectivity index (χ4n) is 2.96. The molecule has 0 bridgehead atoms. The van der Waals surface area contributed by atoms with Gasteiger partial charge in [-0.1, -0.05) is 23.7 Å². The molecule has 1 aliphatic rings. The molecule has 1 aromatic heterocycles. The van der Waals surface area contributed by atoms with Gasteiger partial charge in [-0.3, -0.25) is 4.79 Å². The number of hydrogen-bond acceptors (Lipinski definition) is 4. The van der Waals surface area contributed by atoms with Gasteiger partial charge in [-0.15, -0.1) is 0 Å². The first-order valence-electron chi connectivity index (χ1n) is 8.43. The number of hydrogen-bond donors (Lipinski definition) is 1. The standard InChI is InChI=1S/C19H17ClF2N2O3/c20-14-6-5-13(15(21)8-14)10-27-19-23-9-16(22)18(24-19)12-3-1-11(2-4-12)7-17(25)26/h3,5-6,8-9,11H,1-2,4,7,10H2,(H,25,26). The number of aliphatic carboxylic acids is 1. The number of carboxylic acids is 1. The van der Waals surface area contributed by atoms with Crippen molar-refractivity contribution in [1.82, 2.24) is 9.97 Å². The molecule has 3 rings (SSSR count). The summed E-state index contributed by atoms with van der Waals surface area (Å²) in [7, 11) is 0. The minimum absolute atomic E-state index is 0.0414. The molecule has 0 saturated carbocycles. The van der Waals surface area contributed by atoms with Crippen LogP contribution >= 0.6 is 11.6 Å². The second kappa shape index (κ2) is 8.43. The molecule has 1 heterocycles. The van der Waals surface area contributed by atoms with E-state index in [1.54, 1.807) is 6.07 Å². The summed E-state index contributed by atoms with van der Waals surface area (Å²) in [5, 5.41) is 9.14. The van der Waals surface area contributed by atoms with Gasteiger partial charge in [-0.25, -0.2) is 13.8 Å². The summed E-state index contributed by atoms with van der Waals surface area (Å²) in [5.74, 6) is -1.89. The summed E-state index contributed by atoms with van der Waals surface area (Å²) in [5.41, 5.74) is 1.10. The Morgan fingerprint density at radius 1 is 1.33 bits per heavy atom. The van der Waals surface area contributed by atoms with E-state index in [1.165, 1.54) is 12.1 Å². The first-order valence-corrected chi connectivity index (χ1v) is 8.80. The zero-order valence-corrected chi connectivity index (χ0v) is 15.0. The Morgan fingerprint density at radius 2 is 2.15 bits per heavy atom. The van der Waals surface area contributed by atoms with Crippen molar-refractivity contribution < 1.29 is 23.4 Å². The first-order chi connectivity index (χ1) is 12.9. The molecule has 8 heteroatoms. The van der Waals surface area contributed by atoms with E-state index in [1.807, 2.05) is 6.08 Å². The number of rotatable bonds is 6. The number of aromatic nitrogens is 2. The monoisotopic (exact) mass is 394 g/mol. The summed E-state index contributed by atoms with van der Waals surface area (Å²) in [4.78, 5) is 18.7. The Labute approximate surface area is 159 Å². The Balaban J connectivity index is 1.71. The molecule has 0 radical (unpaired) electrons. The third-order valence-corrected chi connectivity index (χ3v) is 4.62. The predicted molar refractivity (Wildman–Crippen MR) is 95.3 cm³/mol. The second-order valence-corrected chi connectivity index (χ2v) is 6.78. The molecule has 2 aromatic rings. The van der Waals surface area contributed by atoms with Crippen LogP contribution in [0.5, 0.6) is 6.01 Å². The average Bonchev–Trinajstić information content (AvgIpc) is 2.62. The van der Waals surface area contributed by atoms with Crippen molar-refractivity contribution in [1.29, 1.82) is 0 Å². The molecule has 0 aliphatic heterocycles. The number of carboxylic acid groups (broad SMARTS) is 1. The summed E-state index contributed by atoms with van der Waals surface area (Å²) < 4.78 is 33.3. The Hall–Kier alpha value is -2.54. The van der Waals surface area contributed by atoms with Crippen molar-refractivity contribution in [2.75, 3.05) is 0 Å². The minimum Gasteiger partial charge on any atom is -0.481 e. The van der Waals surface area contributed by atoms with Crippen molar-refractivity contribution in [3.8, 4) is 6.01 Å². The molecule has 1 atom stereocenters. The van der Waals surface area contributed by atoms with Crippen LogP contribution < -0.4 is 4.74 Å². The van der Waals surface area contributed by atoms with Gasteiger partial charge in [0.15, 0.2) is 5.82 Å². The highest BCUT2D eigenvalue weighted by Gasteiger charge is 2.21. The molecule has 1 unspecified atom stereocenters. The predicted octanol–water partition coefficient (Wildman–Crippen LogP) is 4.65. The zero-order chi connectivity index (χ0) is 19.4. The number of halogens is 3. The zero-order valence-electron chi connectivity index (χ0n) is 14.3. The Kier molecular flexibility index (Phi) is 6.01. The number of nitrogens with zero attached hydrogens (tertiary/aromatic N) is 2. The van der Waals surface area contributed by atoms with E-state index >= 15 is 0 Å². The van der Waals surface area contributed by atoms with Crippen LogP contribution in [0.3, 0.4) is 0 Å². The number of benzene rings is 1. The van der Waals surface area contributed by atoms with E-state index in [9.17, 15) is 13.6 Å². The Morgan fingerprint density at radius 3 is 2.81 bits per heavy atom. The largest absolute Gasteiger partial charge is 0.481 e. The van der Waals surface area contributed by atoms with Gasteiger partial charge >= 0.3 is 12.0 Å². The molecular formula is C19H17ClF2N2O3. The number of allylic oxidation sites excluding steroid dienone is 2. The summed E-state index contributed by atoms with van der Waals surface area (Å²) >= 11 is 5.71. The first kappa shape index (κ1) is 19.2. The SMILES string of the molecule is O=C(O)CC1CC=C(c2nc(OCc3ccc(Cl)cc3F)ncc2F)CC1. The molecule has 0 fully saturated rings. The van der Waals surface area contributed by atoms with E-state index in [2.05, 4.69) is 9.97 Å². The van der Waals surface area contributed by atoms with Crippen LogP contribution in [0.25, 0.3) is 5.57 Å². The second-order valence-electron chi connectivity index (χ2n) is 6.34. The van der Waals surface area contributed by atoms with E-state index in [4.69, 9.17) is 21.4 Å². The van der Waals surface area contributed by atoms with E-state index in [0.29, 0.717) is 24.8 Å². The fraction of sp³-hybridized carbons (Fsp3) is 0.316. The quantitative estimate of drug-likeness (QED) is 0.772. The van der Waals surface area contributed by atoms with Gasteiger partial charge in [0.25, 0.3) is 0 Å².